The van der Waals surface area contributed by atoms with E-state index < -0.39 is 0 Å². The summed E-state index contributed by atoms with van der Waals surface area (Å²) in [6.45, 7) is 2.25. The van der Waals surface area contributed by atoms with Gasteiger partial charge >= 0.3 is 0 Å². The molecule has 1 aliphatic carbocycles. The summed E-state index contributed by atoms with van der Waals surface area (Å²) in [6.07, 6.45) is 4.52. The van der Waals surface area contributed by atoms with Crippen LogP contribution in [0.25, 0.3) is 10.8 Å². The van der Waals surface area contributed by atoms with E-state index in [0.717, 1.165) is 40.6 Å². The molecule has 1 fully saturated rings. The van der Waals surface area contributed by atoms with Crippen LogP contribution in [0.2, 0.25) is 0 Å². The van der Waals surface area contributed by atoms with Gasteiger partial charge in [-0.05, 0) is 42.3 Å². The predicted molar refractivity (Wildman–Crippen MR) is 73.9 cm³/mol. The predicted octanol–water partition coefficient (Wildman–Crippen LogP) is 2.83. The Morgan fingerprint density at radius 3 is 2.74 bits per heavy atom. The van der Waals surface area contributed by atoms with Crippen molar-refractivity contribution in [3.63, 3.8) is 0 Å². The lowest BCUT2D eigenvalue weighted by atomic mass is 10.1. The lowest BCUT2D eigenvalue weighted by molar-refractivity contribution is 0.172. The van der Waals surface area contributed by atoms with Crippen LogP contribution in [0.3, 0.4) is 0 Å². The molecule has 0 radical (unpaired) electrons. The fourth-order valence-corrected chi connectivity index (χ4v) is 2.41. The Hall–Kier alpha value is -1.97. The van der Waals surface area contributed by atoms with Gasteiger partial charge in [0.05, 0.1) is 0 Å². The smallest absolute Gasteiger partial charge is 0.162 e. The van der Waals surface area contributed by atoms with E-state index in [1.807, 2.05) is 24.4 Å². The minimum absolute atomic E-state index is 0.615. The Bertz CT molecular complexity index is 623. The molecule has 19 heavy (non-hydrogen) atoms. The summed E-state index contributed by atoms with van der Waals surface area (Å²) < 4.78 is 11.3. The van der Waals surface area contributed by atoms with Gasteiger partial charge in [0.2, 0.25) is 0 Å². The maximum atomic E-state index is 5.64. The number of nitrogens with one attached hydrogen (secondary N) is 1. The number of rotatable bonds is 3. The summed E-state index contributed by atoms with van der Waals surface area (Å²) in [5, 5.41) is 5.69. The van der Waals surface area contributed by atoms with Gasteiger partial charge in [0.1, 0.15) is 19.0 Å². The van der Waals surface area contributed by atoms with Crippen molar-refractivity contribution < 1.29 is 9.47 Å². The molecule has 2 heterocycles. The van der Waals surface area contributed by atoms with E-state index in [1.165, 1.54) is 12.8 Å². The summed E-state index contributed by atoms with van der Waals surface area (Å²) in [5.74, 6) is 3.43. The minimum atomic E-state index is 0.615. The van der Waals surface area contributed by atoms with Crippen molar-refractivity contribution in [3.05, 3.63) is 24.4 Å². The molecule has 98 valence electrons. The second-order valence-electron chi connectivity index (χ2n) is 5.20. The van der Waals surface area contributed by atoms with Gasteiger partial charge in [0.15, 0.2) is 11.5 Å². The Balaban J connectivity index is 1.75. The second-order valence-corrected chi connectivity index (χ2v) is 5.20. The van der Waals surface area contributed by atoms with Crippen LogP contribution in [0.15, 0.2) is 24.4 Å². The van der Waals surface area contributed by atoms with Crippen molar-refractivity contribution in [3.8, 4) is 11.5 Å². The number of fused-ring (bicyclic) bond motifs is 2. The Morgan fingerprint density at radius 2 is 1.95 bits per heavy atom. The van der Waals surface area contributed by atoms with Crippen molar-refractivity contribution in [2.75, 3.05) is 25.1 Å². The van der Waals surface area contributed by atoms with Crippen LogP contribution < -0.4 is 14.8 Å². The monoisotopic (exact) mass is 256 g/mol. The SMILES string of the molecule is c1cc2cc3c(cc2c(NCC2CC2)n1)OCCO3. The third-order valence-corrected chi connectivity index (χ3v) is 3.68. The van der Waals surface area contributed by atoms with Gasteiger partial charge in [0, 0.05) is 18.1 Å². The number of anilines is 1. The summed E-state index contributed by atoms with van der Waals surface area (Å²) in [6, 6.07) is 6.08. The quantitative estimate of drug-likeness (QED) is 0.917. The molecule has 0 unspecified atom stereocenters. The van der Waals surface area contributed by atoms with Crippen LogP contribution in [-0.4, -0.2) is 24.7 Å². The summed E-state index contributed by atoms with van der Waals surface area (Å²) in [7, 11) is 0. The molecule has 0 atom stereocenters. The van der Waals surface area contributed by atoms with E-state index in [1.54, 1.807) is 0 Å². The highest BCUT2D eigenvalue weighted by molar-refractivity contribution is 5.94. The average Bonchev–Trinajstić information content (AvgIpc) is 3.27. The van der Waals surface area contributed by atoms with Crippen molar-refractivity contribution in [2.24, 2.45) is 5.92 Å². The Kier molecular flexibility index (Phi) is 2.47. The molecule has 1 saturated carbocycles. The molecule has 0 amide bonds. The number of pyridine rings is 1. The molecule has 0 bridgehead atoms. The lowest BCUT2D eigenvalue weighted by Crippen LogP contribution is -2.15. The molecule has 0 saturated heterocycles. The summed E-state index contributed by atoms with van der Waals surface area (Å²) >= 11 is 0. The zero-order valence-corrected chi connectivity index (χ0v) is 10.7. The van der Waals surface area contributed by atoms with Gasteiger partial charge in [-0.25, -0.2) is 4.98 Å². The molecule has 1 N–H and O–H groups in total. The van der Waals surface area contributed by atoms with Crippen LogP contribution in [0.4, 0.5) is 5.82 Å². The second kappa shape index (κ2) is 4.30. The van der Waals surface area contributed by atoms with E-state index in [2.05, 4.69) is 10.3 Å². The lowest BCUT2D eigenvalue weighted by Gasteiger charge is -2.19. The van der Waals surface area contributed by atoms with Crippen molar-refractivity contribution in [1.82, 2.24) is 4.98 Å². The van der Waals surface area contributed by atoms with E-state index in [4.69, 9.17) is 9.47 Å². The maximum Gasteiger partial charge on any atom is 0.162 e. The molecular formula is C15H16N2O2. The number of aromatic nitrogens is 1. The number of nitrogens with zero attached hydrogens (tertiary/aromatic N) is 1. The first-order valence-electron chi connectivity index (χ1n) is 6.82. The first-order valence-corrected chi connectivity index (χ1v) is 6.82. The van der Waals surface area contributed by atoms with Crippen molar-refractivity contribution >= 4 is 16.6 Å². The molecule has 2 aliphatic rings. The Labute approximate surface area is 111 Å². The topological polar surface area (TPSA) is 43.4 Å². The molecule has 1 aromatic carbocycles. The molecule has 4 nitrogen and oxygen atoms in total. The van der Waals surface area contributed by atoms with E-state index in [0.29, 0.717) is 13.2 Å². The van der Waals surface area contributed by atoms with E-state index >= 15 is 0 Å². The number of benzene rings is 1. The van der Waals surface area contributed by atoms with Gasteiger partial charge in [-0.3, -0.25) is 0 Å². The highest BCUT2D eigenvalue weighted by Gasteiger charge is 2.21. The Morgan fingerprint density at radius 1 is 1.16 bits per heavy atom. The summed E-state index contributed by atoms with van der Waals surface area (Å²) in [4.78, 5) is 4.45. The maximum absolute atomic E-state index is 5.64. The number of hydrogen-bond acceptors (Lipinski definition) is 4. The molecule has 1 aromatic heterocycles. The van der Waals surface area contributed by atoms with Gasteiger partial charge in [-0.2, -0.15) is 0 Å². The van der Waals surface area contributed by atoms with Gasteiger partial charge in [0.25, 0.3) is 0 Å². The van der Waals surface area contributed by atoms with Gasteiger partial charge in [-0.1, -0.05) is 0 Å². The van der Waals surface area contributed by atoms with Crippen LogP contribution in [0, 0.1) is 5.92 Å². The first-order chi connectivity index (χ1) is 9.40. The van der Waals surface area contributed by atoms with E-state index in [-0.39, 0.29) is 0 Å². The third kappa shape index (κ3) is 2.07. The molecule has 2 aromatic rings. The fourth-order valence-electron chi connectivity index (χ4n) is 2.41. The molecule has 4 heteroatoms. The van der Waals surface area contributed by atoms with Crippen LogP contribution in [-0.2, 0) is 0 Å². The van der Waals surface area contributed by atoms with Crippen LogP contribution in [0.5, 0.6) is 11.5 Å². The van der Waals surface area contributed by atoms with Crippen molar-refractivity contribution in [2.45, 2.75) is 12.8 Å². The summed E-state index contributed by atoms with van der Waals surface area (Å²) in [5.41, 5.74) is 0. The molecule has 0 spiro atoms. The van der Waals surface area contributed by atoms with Crippen molar-refractivity contribution in [1.29, 1.82) is 0 Å². The third-order valence-electron chi connectivity index (χ3n) is 3.68. The largest absolute Gasteiger partial charge is 0.486 e. The van der Waals surface area contributed by atoms with Gasteiger partial charge in [-0.15, -0.1) is 0 Å². The highest BCUT2D eigenvalue weighted by Crippen LogP contribution is 2.37. The first kappa shape index (κ1) is 10.9. The zero-order valence-electron chi connectivity index (χ0n) is 10.7. The minimum Gasteiger partial charge on any atom is -0.486 e. The number of hydrogen-bond donors (Lipinski definition) is 1. The normalized spacial score (nSPS) is 17.5. The van der Waals surface area contributed by atoms with Gasteiger partial charge < -0.3 is 14.8 Å². The van der Waals surface area contributed by atoms with E-state index in [9.17, 15) is 0 Å². The number of ether oxygens (including phenoxy) is 2. The highest BCUT2D eigenvalue weighted by atomic mass is 16.6. The van der Waals surface area contributed by atoms with Crippen LogP contribution in [0.1, 0.15) is 12.8 Å². The average molecular weight is 256 g/mol. The standard InChI is InChI=1S/C15H16N2O2/c1-2-10(1)9-17-15-12-8-14-13(18-5-6-19-14)7-11(12)3-4-16-15/h3-4,7-8,10H,1-2,5-6,9H2,(H,16,17). The molecule has 4 rings (SSSR count). The fraction of sp³-hybridized carbons (Fsp3) is 0.400. The zero-order chi connectivity index (χ0) is 12.7. The molecule has 1 aliphatic heterocycles. The van der Waals surface area contributed by atoms with Crippen LogP contribution >= 0.6 is 0 Å². The molecular weight excluding hydrogens is 240 g/mol.